The summed E-state index contributed by atoms with van der Waals surface area (Å²) in [5.41, 5.74) is 5.01. The Morgan fingerprint density at radius 1 is 1.17 bits per heavy atom. The van der Waals surface area contributed by atoms with Gasteiger partial charge in [0.15, 0.2) is 5.92 Å². The van der Waals surface area contributed by atoms with Crippen LogP contribution in [0.5, 0.6) is 0 Å². The van der Waals surface area contributed by atoms with Gasteiger partial charge in [0.05, 0.1) is 12.3 Å². The molecule has 2 aromatic carbocycles. The van der Waals surface area contributed by atoms with Gasteiger partial charge >= 0.3 is 0 Å². The lowest BCUT2D eigenvalue weighted by Gasteiger charge is -2.11. The summed E-state index contributed by atoms with van der Waals surface area (Å²) in [5, 5.41) is 13.1. The van der Waals surface area contributed by atoms with Crippen molar-refractivity contribution in [2.75, 3.05) is 19.0 Å². The first kappa shape index (κ1) is 16.2. The van der Waals surface area contributed by atoms with Gasteiger partial charge in [-0.15, -0.1) is 0 Å². The number of anilines is 1. The highest BCUT2D eigenvalue weighted by Crippen LogP contribution is 2.14. The summed E-state index contributed by atoms with van der Waals surface area (Å²) in [6, 6.07) is 18.7. The van der Waals surface area contributed by atoms with Crippen molar-refractivity contribution in [3.63, 3.8) is 0 Å². The quantitative estimate of drug-likeness (QED) is 0.681. The second kappa shape index (κ2) is 7.76. The molecule has 0 saturated carbocycles. The third-order valence-corrected chi connectivity index (χ3v) is 3.32. The van der Waals surface area contributed by atoms with E-state index in [9.17, 15) is 10.1 Å². The lowest BCUT2D eigenvalue weighted by molar-refractivity contribution is -0.121. The van der Waals surface area contributed by atoms with Gasteiger partial charge in [0, 0.05) is 19.8 Å². The maximum atomic E-state index is 12.1. The van der Waals surface area contributed by atoms with Crippen LogP contribution in [0.15, 0.2) is 59.7 Å². The lowest BCUT2D eigenvalue weighted by atomic mass is 10.0. The number of nitrogens with one attached hydrogen (secondary N) is 1. The molecule has 0 heterocycles. The van der Waals surface area contributed by atoms with Crippen LogP contribution in [-0.2, 0) is 4.79 Å². The highest BCUT2D eigenvalue weighted by molar-refractivity contribution is 5.88. The number of amides is 1. The molecule has 0 aliphatic rings. The molecule has 2 aromatic rings. The maximum Gasteiger partial charge on any atom is 0.261 e. The smallest absolute Gasteiger partial charge is 0.261 e. The van der Waals surface area contributed by atoms with E-state index in [2.05, 4.69) is 10.5 Å². The van der Waals surface area contributed by atoms with Crippen LogP contribution in [0.2, 0.25) is 0 Å². The summed E-state index contributed by atoms with van der Waals surface area (Å²) in [6.07, 6.45) is 1.55. The Hall–Kier alpha value is -3.13. The molecule has 0 unspecified atom stereocenters. The van der Waals surface area contributed by atoms with Gasteiger partial charge in [-0.25, -0.2) is 5.43 Å². The molecule has 1 amide bonds. The zero-order chi connectivity index (χ0) is 16.7. The molecule has 1 atom stereocenters. The van der Waals surface area contributed by atoms with Gasteiger partial charge in [-0.3, -0.25) is 4.79 Å². The minimum atomic E-state index is -0.871. The number of hydrazone groups is 1. The normalized spacial score (nSPS) is 11.7. The van der Waals surface area contributed by atoms with E-state index < -0.39 is 11.8 Å². The van der Waals surface area contributed by atoms with Crippen molar-refractivity contribution in [1.82, 2.24) is 5.43 Å². The van der Waals surface area contributed by atoms with Crippen LogP contribution >= 0.6 is 0 Å². The second-order valence-corrected chi connectivity index (χ2v) is 5.19. The molecule has 5 heteroatoms. The van der Waals surface area contributed by atoms with E-state index in [4.69, 9.17) is 0 Å². The molecule has 0 radical (unpaired) electrons. The molecule has 23 heavy (non-hydrogen) atoms. The summed E-state index contributed by atoms with van der Waals surface area (Å²) in [7, 11) is 3.93. The number of rotatable bonds is 5. The molecule has 0 aliphatic carbocycles. The molecule has 0 aliphatic heterocycles. The minimum absolute atomic E-state index is 0.445. The van der Waals surface area contributed by atoms with Gasteiger partial charge < -0.3 is 4.90 Å². The highest BCUT2D eigenvalue weighted by atomic mass is 16.2. The molecule has 0 aromatic heterocycles. The predicted octanol–water partition coefficient (Wildman–Crippen LogP) is 2.51. The zero-order valence-corrected chi connectivity index (χ0v) is 13.1. The summed E-state index contributed by atoms with van der Waals surface area (Å²) in [6.45, 7) is 0. The van der Waals surface area contributed by atoms with Crippen molar-refractivity contribution in [2.45, 2.75) is 5.92 Å². The fourth-order valence-corrected chi connectivity index (χ4v) is 2.02. The Bertz CT molecular complexity index is 715. The van der Waals surface area contributed by atoms with Crippen LogP contribution in [0.4, 0.5) is 5.69 Å². The lowest BCUT2D eigenvalue weighted by Crippen LogP contribution is -2.24. The Morgan fingerprint density at radius 3 is 2.39 bits per heavy atom. The Kier molecular flexibility index (Phi) is 5.48. The molecule has 1 N–H and O–H groups in total. The number of hydrogen-bond acceptors (Lipinski definition) is 4. The van der Waals surface area contributed by atoms with Crippen LogP contribution in [0.25, 0.3) is 0 Å². The standard InChI is InChI=1S/C18H18N4O/c1-22(2)16-10-8-14(9-11-16)13-20-21-18(23)17(12-19)15-6-4-3-5-7-15/h3-11,13,17H,1-2H3,(H,21,23)/b20-13-/t17-/m0/s1. The third kappa shape index (κ3) is 4.42. The topological polar surface area (TPSA) is 68.5 Å². The number of carbonyl (C=O) groups is 1. The Labute approximate surface area is 135 Å². The van der Waals surface area contributed by atoms with E-state index in [1.54, 1.807) is 30.5 Å². The maximum absolute atomic E-state index is 12.1. The van der Waals surface area contributed by atoms with Crippen molar-refractivity contribution in [3.8, 4) is 6.07 Å². The molecule has 0 bridgehead atoms. The molecule has 0 fully saturated rings. The monoisotopic (exact) mass is 306 g/mol. The van der Waals surface area contributed by atoms with Gasteiger partial charge in [0.25, 0.3) is 5.91 Å². The van der Waals surface area contributed by atoms with Crippen LogP contribution in [0.1, 0.15) is 17.0 Å². The van der Waals surface area contributed by atoms with Gasteiger partial charge in [0.2, 0.25) is 0 Å². The summed E-state index contributed by atoms with van der Waals surface area (Å²) in [4.78, 5) is 14.1. The van der Waals surface area contributed by atoms with Crippen molar-refractivity contribution in [1.29, 1.82) is 5.26 Å². The van der Waals surface area contributed by atoms with Gasteiger partial charge in [0.1, 0.15) is 0 Å². The number of hydrogen-bond donors (Lipinski definition) is 1. The van der Waals surface area contributed by atoms with Crippen LogP contribution in [0.3, 0.4) is 0 Å². The SMILES string of the molecule is CN(C)c1ccc(/C=N\NC(=O)[C@@H](C#N)c2ccccc2)cc1. The van der Waals surface area contributed by atoms with Crippen molar-refractivity contribution in [3.05, 3.63) is 65.7 Å². The number of nitrogens with zero attached hydrogens (tertiary/aromatic N) is 3. The first-order valence-electron chi connectivity index (χ1n) is 7.16. The molecular formula is C18H18N4O. The average molecular weight is 306 g/mol. The number of carbonyl (C=O) groups excluding carboxylic acids is 1. The third-order valence-electron chi connectivity index (χ3n) is 3.32. The first-order valence-corrected chi connectivity index (χ1v) is 7.16. The van der Waals surface area contributed by atoms with Crippen LogP contribution < -0.4 is 10.3 Å². The first-order chi connectivity index (χ1) is 11.1. The highest BCUT2D eigenvalue weighted by Gasteiger charge is 2.19. The Morgan fingerprint density at radius 2 is 1.83 bits per heavy atom. The van der Waals surface area contributed by atoms with E-state index in [0.717, 1.165) is 11.3 Å². The van der Waals surface area contributed by atoms with Crippen LogP contribution in [0, 0.1) is 11.3 Å². The molecule has 5 nitrogen and oxygen atoms in total. The van der Waals surface area contributed by atoms with Crippen LogP contribution in [-0.4, -0.2) is 26.2 Å². The van der Waals surface area contributed by atoms with E-state index in [-0.39, 0.29) is 0 Å². The van der Waals surface area contributed by atoms with E-state index in [1.807, 2.05) is 55.4 Å². The van der Waals surface area contributed by atoms with E-state index in [1.165, 1.54) is 0 Å². The molecule has 116 valence electrons. The Balaban J connectivity index is 1.99. The second-order valence-electron chi connectivity index (χ2n) is 5.19. The van der Waals surface area contributed by atoms with E-state index >= 15 is 0 Å². The summed E-state index contributed by atoms with van der Waals surface area (Å²) < 4.78 is 0. The molecule has 0 saturated heterocycles. The summed E-state index contributed by atoms with van der Waals surface area (Å²) >= 11 is 0. The molecule has 0 spiro atoms. The number of nitriles is 1. The fraction of sp³-hybridized carbons (Fsp3) is 0.167. The van der Waals surface area contributed by atoms with Gasteiger partial charge in [-0.05, 0) is 23.3 Å². The molecular weight excluding hydrogens is 288 g/mol. The molecule has 2 rings (SSSR count). The van der Waals surface area contributed by atoms with Crippen molar-refractivity contribution < 1.29 is 4.79 Å². The van der Waals surface area contributed by atoms with Crippen molar-refractivity contribution in [2.24, 2.45) is 5.10 Å². The minimum Gasteiger partial charge on any atom is -0.378 e. The van der Waals surface area contributed by atoms with E-state index in [0.29, 0.717) is 5.56 Å². The van der Waals surface area contributed by atoms with Crippen molar-refractivity contribution >= 4 is 17.8 Å². The largest absolute Gasteiger partial charge is 0.378 e. The fourth-order valence-electron chi connectivity index (χ4n) is 2.02. The summed E-state index contributed by atoms with van der Waals surface area (Å²) in [5.74, 6) is -1.32. The van der Waals surface area contributed by atoms with Gasteiger partial charge in [-0.1, -0.05) is 42.5 Å². The number of benzene rings is 2. The zero-order valence-electron chi connectivity index (χ0n) is 13.1. The predicted molar refractivity (Wildman–Crippen MR) is 91.3 cm³/mol. The average Bonchev–Trinajstić information content (AvgIpc) is 2.57. The van der Waals surface area contributed by atoms with Gasteiger partial charge in [-0.2, -0.15) is 10.4 Å².